The molecule has 0 aliphatic heterocycles. The van der Waals surface area contributed by atoms with E-state index in [4.69, 9.17) is 15.6 Å². The van der Waals surface area contributed by atoms with E-state index in [2.05, 4.69) is 15.9 Å². The van der Waals surface area contributed by atoms with Crippen molar-refractivity contribution in [3.8, 4) is 5.75 Å². The maximum Gasteiger partial charge on any atom is 0.289 e. The Morgan fingerprint density at radius 1 is 1.56 bits per heavy atom. The fraction of sp³-hybridized carbons (Fsp3) is 0.400. The smallest absolute Gasteiger partial charge is 0.289 e. The molecule has 1 aromatic carbocycles. The third-order valence-corrected chi connectivity index (χ3v) is 2.82. The maximum atomic E-state index is 13.1. The number of ether oxygens (including phenoxy) is 1. The molecule has 1 aromatic rings. The van der Waals surface area contributed by atoms with E-state index in [1.807, 2.05) is 0 Å². The van der Waals surface area contributed by atoms with Gasteiger partial charge < -0.3 is 15.6 Å². The normalized spacial score (nSPS) is 13.6. The summed E-state index contributed by atoms with van der Waals surface area (Å²) < 4.78 is 31.8. The van der Waals surface area contributed by atoms with Gasteiger partial charge in [0.1, 0.15) is 12.4 Å². The lowest BCUT2D eigenvalue weighted by atomic mass is 10.0. The van der Waals surface area contributed by atoms with Gasteiger partial charge in [0.15, 0.2) is 0 Å². The molecule has 16 heavy (non-hydrogen) atoms. The maximum absolute atomic E-state index is 13.1. The minimum Gasteiger partial charge on any atom is -0.496 e. The first-order valence-electron chi connectivity index (χ1n) is 4.50. The summed E-state index contributed by atoms with van der Waals surface area (Å²) in [6.45, 7) is -1.28. The molecule has 1 atom stereocenters. The Kier molecular flexibility index (Phi) is 4.23. The van der Waals surface area contributed by atoms with Gasteiger partial charge in [-0.2, -0.15) is 0 Å². The summed E-state index contributed by atoms with van der Waals surface area (Å²) in [4.78, 5) is 0. The molecule has 0 heterocycles. The van der Waals surface area contributed by atoms with Crippen molar-refractivity contribution in [3.63, 3.8) is 0 Å². The highest BCUT2D eigenvalue weighted by atomic mass is 79.9. The third kappa shape index (κ3) is 2.69. The van der Waals surface area contributed by atoms with Crippen molar-refractivity contribution in [2.45, 2.75) is 12.0 Å². The molecule has 0 spiro atoms. The number of hydrogen-bond acceptors (Lipinski definition) is 3. The van der Waals surface area contributed by atoms with E-state index >= 15 is 0 Å². The highest BCUT2D eigenvalue weighted by Crippen LogP contribution is 2.33. The van der Waals surface area contributed by atoms with Crippen molar-refractivity contribution in [2.75, 3.05) is 13.7 Å². The third-order valence-electron chi connectivity index (χ3n) is 2.20. The zero-order valence-electron chi connectivity index (χ0n) is 8.58. The molecule has 6 heteroatoms. The van der Waals surface area contributed by atoms with Gasteiger partial charge in [-0.25, -0.2) is 8.78 Å². The van der Waals surface area contributed by atoms with E-state index in [1.54, 1.807) is 0 Å². The van der Waals surface area contributed by atoms with Crippen molar-refractivity contribution in [1.82, 2.24) is 0 Å². The molecule has 3 nitrogen and oxygen atoms in total. The summed E-state index contributed by atoms with van der Waals surface area (Å²) in [6, 6.07) is 2.89. The molecule has 0 unspecified atom stereocenters. The molecule has 0 saturated heterocycles. The van der Waals surface area contributed by atoms with Crippen LogP contribution in [0.4, 0.5) is 8.78 Å². The van der Waals surface area contributed by atoms with E-state index in [0.29, 0.717) is 10.2 Å². The van der Waals surface area contributed by atoms with E-state index < -0.39 is 18.6 Å². The first-order chi connectivity index (χ1) is 7.42. The Morgan fingerprint density at radius 3 is 2.62 bits per heavy atom. The fourth-order valence-corrected chi connectivity index (χ4v) is 1.78. The van der Waals surface area contributed by atoms with Crippen LogP contribution in [0.1, 0.15) is 11.6 Å². The van der Waals surface area contributed by atoms with Gasteiger partial charge in [0.25, 0.3) is 5.92 Å². The predicted octanol–water partition coefficient (Wildman–Crippen LogP) is 2.09. The summed E-state index contributed by atoms with van der Waals surface area (Å²) in [5.74, 6) is -2.81. The minimum absolute atomic E-state index is 0.228. The topological polar surface area (TPSA) is 55.5 Å². The summed E-state index contributed by atoms with van der Waals surface area (Å²) >= 11 is 3.18. The fourth-order valence-electron chi connectivity index (χ4n) is 1.22. The van der Waals surface area contributed by atoms with E-state index in [9.17, 15) is 8.78 Å². The SMILES string of the molecule is COc1ccc([C@@H](N)C(F)(F)CO)cc1Br. The summed E-state index contributed by atoms with van der Waals surface area (Å²) in [7, 11) is 1.47. The van der Waals surface area contributed by atoms with Crippen molar-refractivity contribution in [1.29, 1.82) is 0 Å². The lowest BCUT2D eigenvalue weighted by Gasteiger charge is -2.22. The second kappa shape index (κ2) is 5.07. The van der Waals surface area contributed by atoms with Crippen LogP contribution < -0.4 is 10.5 Å². The monoisotopic (exact) mass is 295 g/mol. The first kappa shape index (κ1) is 13.3. The van der Waals surface area contributed by atoms with Crippen molar-refractivity contribution in [2.24, 2.45) is 5.73 Å². The number of halogens is 3. The standard InChI is InChI=1S/C10H12BrF2NO2/c1-16-8-3-2-6(4-7(8)11)9(14)10(12,13)5-15/h2-4,9,15H,5,14H2,1H3/t9-/m1/s1. The molecule has 0 aliphatic carbocycles. The number of methoxy groups -OCH3 is 1. The number of rotatable bonds is 4. The van der Waals surface area contributed by atoms with Crippen LogP contribution in [0.25, 0.3) is 0 Å². The molecule has 0 aliphatic rings. The Balaban J connectivity index is 3.02. The number of aliphatic hydroxyl groups is 1. The average Bonchev–Trinajstić information content (AvgIpc) is 2.27. The van der Waals surface area contributed by atoms with Gasteiger partial charge in [0, 0.05) is 0 Å². The van der Waals surface area contributed by atoms with Gasteiger partial charge in [-0.3, -0.25) is 0 Å². The van der Waals surface area contributed by atoms with Gasteiger partial charge in [0.2, 0.25) is 0 Å². The molecule has 1 rings (SSSR count). The molecule has 0 radical (unpaired) electrons. The number of aliphatic hydroxyl groups excluding tert-OH is 1. The van der Waals surface area contributed by atoms with E-state index in [1.165, 1.54) is 25.3 Å². The predicted molar refractivity (Wildman–Crippen MR) is 59.7 cm³/mol. The van der Waals surface area contributed by atoms with Crippen LogP contribution in [-0.2, 0) is 0 Å². The molecule has 90 valence electrons. The molecular weight excluding hydrogens is 284 g/mol. The number of nitrogens with two attached hydrogens (primary N) is 1. The quantitative estimate of drug-likeness (QED) is 0.894. The minimum atomic E-state index is -3.34. The summed E-state index contributed by atoms with van der Waals surface area (Å²) in [5, 5.41) is 8.53. The molecule has 0 bridgehead atoms. The molecule has 0 fully saturated rings. The lowest BCUT2D eigenvalue weighted by molar-refractivity contribution is -0.0712. The Labute approximate surface area is 100 Å². The van der Waals surface area contributed by atoms with E-state index in [-0.39, 0.29) is 5.56 Å². The van der Waals surface area contributed by atoms with Gasteiger partial charge in [-0.05, 0) is 33.6 Å². The molecule has 0 saturated carbocycles. The van der Waals surface area contributed by atoms with Gasteiger partial charge >= 0.3 is 0 Å². The highest BCUT2D eigenvalue weighted by Gasteiger charge is 2.37. The number of hydrogen-bond donors (Lipinski definition) is 2. The van der Waals surface area contributed by atoms with Crippen LogP contribution in [0.3, 0.4) is 0 Å². The van der Waals surface area contributed by atoms with Crippen LogP contribution in [-0.4, -0.2) is 24.7 Å². The van der Waals surface area contributed by atoms with Gasteiger partial charge in [-0.1, -0.05) is 6.07 Å². The lowest BCUT2D eigenvalue weighted by Crippen LogP contribution is -2.36. The van der Waals surface area contributed by atoms with Crippen molar-refractivity contribution < 1.29 is 18.6 Å². The Bertz CT molecular complexity index is 374. The van der Waals surface area contributed by atoms with Crippen LogP contribution >= 0.6 is 15.9 Å². The number of benzene rings is 1. The zero-order chi connectivity index (χ0) is 12.3. The number of alkyl halides is 2. The van der Waals surface area contributed by atoms with Crippen LogP contribution in [0.2, 0.25) is 0 Å². The van der Waals surface area contributed by atoms with Gasteiger partial charge in [0.05, 0.1) is 17.6 Å². The molecular formula is C10H12BrF2NO2. The zero-order valence-corrected chi connectivity index (χ0v) is 10.2. The average molecular weight is 296 g/mol. The second-order valence-electron chi connectivity index (χ2n) is 3.29. The second-order valence-corrected chi connectivity index (χ2v) is 4.15. The largest absolute Gasteiger partial charge is 0.496 e. The Morgan fingerprint density at radius 2 is 2.19 bits per heavy atom. The Hall–Kier alpha value is -0.720. The summed E-state index contributed by atoms with van der Waals surface area (Å²) in [6.07, 6.45) is 0. The van der Waals surface area contributed by atoms with Crippen LogP contribution in [0.15, 0.2) is 22.7 Å². The highest BCUT2D eigenvalue weighted by molar-refractivity contribution is 9.10. The molecule has 0 aromatic heterocycles. The molecule has 0 amide bonds. The van der Waals surface area contributed by atoms with Crippen LogP contribution in [0.5, 0.6) is 5.75 Å². The molecule has 3 N–H and O–H groups in total. The van der Waals surface area contributed by atoms with E-state index in [0.717, 1.165) is 0 Å². The van der Waals surface area contributed by atoms with Crippen molar-refractivity contribution >= 4 is 15.9 Å². The van der Waals surface area contributed by atoms with Crippen LogP contribution in [0, 0.1) is 0 Å². The van der Waals surface area contributed by atoms with Crippen molar-refractivity contribution in [3.05, 3.63) is 28.2 Å². The summed E-state index contributed by atoms with van der Waals surface area (Å²) in [5.41, 5.74) is 5.60. The van der Waals surface area contributed by atoms with Gasteiger partial charge in [-0.15, -0.1) is 0 Å². The first-order valence-corrected chi connectivity index (χ1v) is 5.29.